The molecule has 118 valence electrons. The number of carbonyl (C=O) groups is 1. The molecule has 2 heterocycles. The Labute approximate surface area is 133 Å². The molecule has 5 nitrogen and oxygen atoms in total. The summed E-state index contributed by atoms with van der Waals surface area (Å²) in [4.78, 5) is 11.9. The second-order valence-corrected chi connectivity index (χ2v) is 9.04. The molecule has 1 unspecified atom stereocenters. The summed E-state index contributed by atoms with van der Waals surface area (Å²) in [7, 11) is -4.13. The SMILES string of the molecule is Cc1cc(S(=O)(=O)NC(=O)C2CNCCC2(F)F)sc1Br. The largest absolute Gasteiger partial charge is 0.315 e. The predicted octanol–water partition coefficient (Wildman–Crippen LogP) is 1.87. The molecular formula is C11H13BrF2N2O3S2. The van der Waals surface area contributed by atoms with Gasteiger partial charge in [0.1, 0.15) is 10.1 Å². The Balaban J connectivity index is 2.18. The molecule has 1 aromatic rings. The highest BCUT2D eigenvalue weighted by atomic mass is 79.9. The Kier molecular flexibility index (Phi) is 4.72. The predicted molar refractivity (Wildman–Crippen MR) is 78.0 cm³/mol. The van der Waals surface area contributed by atoms with Crippen LogP contribution in [0.4, 0.5) is 8.78 Å². The van der Waals surface area contributed by atoms with Crippen LogP contribution in [-0.4, -0.2) is 33.3 Å². The molecule has 2 N–H and O–H groups in total. The lowest BCUT2D eigenvalue weighted by Crippen LogP contribution is -2.52. The third kappa shape index (κ3) is 3.61. The van der Waals surface area contributed by atoms with Crippen LogP contribution >= 0.6 is 27.3 Å². The summed E-state index contributed by atoms with van der Waals surface area (Å²) in [6.45, 7) is 1.54. The molecule has 0 bridgehead atoms. The average Bonchev–Trinajstić information content (AvgIpc) is 2.69. The highest BCUT2D eigenvalue weighted by Gasteiger charge is 2.46. The van der Waals surface area contributed by atoms with E-state index in [-0.39, 0.29) is 17.3 Å². The van der Waals surface area contributed by atoms with Crippen LogP contribution in [0.15, 0.2) is 14.1 Å². The van der Waals surface area contributed by atoms with Crippen LogP contribution in [0.1, 0.15) is 12.0 Å². The maximum absolute atomic E-state index is 13.7. The lowest BCUT2D eigenvalue weighted by Gasteiger charge is -2.30. The third-order valence-corrected chi connectivity index (χ3v) is 7.10. The van der Waals surface area contributed by atoms with Gasteiger partial charge in [-0.15, -0.1) is 11.3 Å². The smallest absolute Gasteiger partial charge is 0.273 e. The second-order valence-electron chi connectivity index (χ2n) is 4.76. The number of piperidine rings is 1. The number of rotatable bonds is 3. The van der Waals surface area contributed by atoms with Gasteiger partial charge in [0.25, 0.3) is 15.9 Å². The number of hydrogen-bond acceptors (Lipinski definition) is 5. The number of halogens is 3. The van der Waals surface area contributed by atoms with E-state index in [1.807, 2.05) is 0 Å². The van der Waals surface area contributed by atoms with E-state index >= 15 is 0 Å². The zero-order valence-electron chi connectivity index (χ0n) is 11.0. The van der Waals surface area contributed by atoms with Gasteiger partial charge in [0.15, 0.2) is 0 Å². The van der Waals surface area contributed by atoms with Crippen LogP contribution in [0.5, 0.6) is 0 Å². The minimum atomic E-state index is -4.13. The van der Waals surface area contributed by atoms with Gasteiger partial charge in [0.2, 0.25) is 5.91 Å². The molecule has 1 fully saturated rings. The number of thiophene rings is 1. The van der Waals surface area contributed by atoms with E-state index < -0.39 is 34.2 Å². The van der Waals surface area contributed by atoms with E-state index in [2.05, 4.69) is 21.2 Å². The Morgan fingerprint density at radius 2 is 2.24 bits per heavy atom. The fraction of sp³-hybridized carbons (Fsp3) is 0.545. The molecule has 0 aromatic carbocycles. The van der Waals surface area contributed by atoms with Gasteiger partial charge in [-0.1, -0.05) is 0 Å². The van der Waals surface area contributed by atoms with Crippen molar-refractivity contribution in [2.45, 2.75) is 23.5 Å². The number of alkyl halides is 2. The monoisotopic (exact) mass is 402 g/mol. The first-order chi connectivity index (χ1) is 9.63. The van der Waals surface area contributed by atoms with Crippen molar-refractivity contribution in [2.24, 2.45) is 5.92 Å². The van der Waals surface area contributed by atoms with Gasteiger partial charge in [0, 0.05) is 19.5 Å². The molecule has 21 heavy (non-hydrogen) atoms. The van der Waals surface area contributed by atoms with Crippen LogP contribution in [-0.2, 0) is 14.8 Å². The lowest BCUT2D eigenvalue weighted by atomic mass is 9.94. The fourth-order valence-electron chi connectivity index (χ4n) is 1.93. The van der Waals surface area contributed by atoms with E-state index in [1.54, 1.807) is 11.6 Å². The van der Waals surface area contributed by atoms with E-state index in [1.165, 1.54) is 6.07 Å². The Hall–Kier alpha value is -0.580. The van der Waals surface area contributed by atoms with E-state index in [4.69, 9.17) is 0 Å². The van der Waals surface area contributed by atoms with Crippen LogP contribution in [0.25, 0.3) is 0 Å². The van der Waals surface area contributed by atoms with Gasteiger partial charge in [-0.2, -0.15) is 0 Å². The van der Waals surface area contributed by atoms with Crippen molar-refractivity contribution in [3.63, 3.8) is 0 Å². The molecule has 1 saturated heterocycles. The van der Waals surface area contributed by atoms with Gasteiger partial charge >= 0.3 is 0 Å². The van der Waals surface area contributed by atoms with E-state index in [0.717, 1.165) is 11.3 Å². The molecule has 1 aliphatic rings. The van der Waals surface area contributed by atoms with Gasteiger partial charge < -0.3 is 5.32 Å². The first-order valence-electron chi connectivity index (χ1n) is 6.04. The first kappa shape index (κ1) is 16.8. The summed E-state index contributed by atoms with van der Waals surface area (Å²) >= 11 is 4.10. The molecule has 10 heteroatoms. The summed E-state index contributed by atoms with van der Waals surface area (Å²) in [5.41, 5.74) is 0.692. The molecule has 0 saturated carbocycles. The number of sulfonamides is 1. The first-order valence-corrected chi connectivity index (χ1v) is 9.14. The van der Waals surface area contributed by atoms with E-state index in [9.17, 15) is 22.0 Å². The normalized spacial score (nSPS) is 22.0. The highest BCUT2D eigenvalue weighted by molar-refractivity contribution is 9.11. The zero-order valence-corrected chi connectivity index (χ0v) is 14.2. The summed E-state index contributed by atoms with van der Waals surface area (Å²) in [5.74, 6) is -6.09. The molecule has 0 spiro atoms. The lowest BCUT2D eigenvalue weighted by molar-refractivity contribution is -0.141. The van der Waals surface area contributed by atoms with Gasteiger partial charge in [-0.05, 0) is 34.5 Å². The Bertz CT molecular complexity index is 641. The fourth-order valence-corrected chi connectivity index (χ4v) is 5.17. The molecule has 1 atom stereocenters. The number of aryl methyl sites for hydroxylation is 1. The van der Waals surface area contributed by atoms with Gasteiger partial charge in [0.05, 0.1) is 3.79 Å². The summed E-state index contributed by atoms with van der Waals surface area (Å²) in [6, 6.07) is 1.38. The molecule has 1 aliphatic heterocycles. The maximum atomic E-state index is 13.7. The van der Waals surface area contributed by atoms with Crippen molar-refractivity contribution < 1.29 is 22.0 Å². The van der Waals surface area contributed by atoms with Crippen LogP contribution in [0, 0.1) is 12.8 Å². The molecule has 0 radical (unpaired) electrons. The van der Waals surface area contributed by atoms with E-state index in [0.29, 0.717) is 9.35 Å². The standard InChI is InChI=1S/C11H13BrF2N2O3S2/c1-6-4-8(20-9(6)12)21(18,19)16-10(17)7-5-15-3-2-11(7,13)14/h4,7,15H,2-3,5H2,1H3,(H,16,17). The van der Waals surface area contributed by atoms with Gasteiger partial charge in [-0.3, -0.25) is 4.79 Å². The summed E-state index contributed by atoms with van der Waals surface area (Å²) in [5, 5.41) is 2.67. The van der Waals surface area contributed by atoms with Crippen molar-refractivity contribution in [3.8, 4) is 0 Å². The number of hydrogen-bond donors (Lipinski definition) is 2. The number of carbonyl (C=O) groups excluding carboxylic acids is 1. The minimum Gasteiger partial charge on any atom is -0.315 e. The quantitative estimate of drug-likeness (QED) is 0.808. The Morgan fingerprint density at radius 1 is 1.57 bits per heavy atom. The van der Waals surface area contributed by atoms with Crippen molar-refractivity contribution in [2.75, 3.05) is 13.1 Å². The number of amides is 1. The van der Waals surface area contributed by atoms with Crippen LogP contribution in [0.2, 0.25) is 0 Å². The molecule has 1 amide bonds. The topological polar surface area (TPSA) is 75.3 Å². The molecular weight excluding hydrogens is 390 g/mol. The highest BCUT2D eigenvalue weighted by Crippen LogP contribution is 2.33. The maximum Gasteiger partial charge on any atom is 0.273 e. The number of nitrogens with one attached hydrogen (secondary N) is 2. The average molecular weight is 403 g/mol. The van der Waals surface area contributed by atoms with Crippen LogP contribution < -0.4 is 10.0 Å². The molecule has 1 aromatic heterocycles. The second kappa shape index (κ2) is 5.90. The zero-order chi connectivity index (χ0) is 15.8. The molecule has 0 aliphatic carbocycles. The van der Waals surface area contributed by atoms with Gasteiger partial charge in [-0.25, -0.2) is 21.9 Å². The summed E-state index contributed by atoms with van der Waals surface area (Å²) < 4.78 is 53.7. The molecule has 2 rings (SSSR count). The summed E-state index contributed by atoms with van der Waals surface area (Å²) in [6.07, 6.45) is -0.491. The van der Waals surface area contributed by atoms with Crippen molar-refractivity contribution in [3.05, 3.63) is 15.4 Å². The van der Waals surface area contributed by atoms with Crippen molar-refractivity contribution in [1.82, 2.24) is 10.0 Å². The minimum absolute atomic E-state index is 0.0905. The Morgan fingerprint density at radius 3 is 2.76 bits per heavy atom. The van der Waals surface area contributed by atoms with Crippen LogP contribution in [0.3, 0.4) is 0 Å². The third-order valence-electron chi connectivity index (χ3n) is 3.14. The van der Waals surface area contributed by atoms with Crippen molar-refractivity contribution >= 4 is 43.2 Å². The van der Waals surface area contributed by atoms with Crippen molar-refractivity contribution in [1.29, 1.82) is 0 Å².